The first-order valence-electron chi connectivity index (χ1n) is 9.28. The Kier molecular flexibility index (Phi) is 6.36. The largest absolute Gasteiger partial charge is 0.445 e. The second kappa shape index (κ2) is 9.12. The van der Waals surface area contributed by atoms with E-state index < -0.39 is 17.9 Å². The lowest BCUT2D eigenvalue weighted by molar-refractivity contribution is -0.142. The first-order chi connectivity index (χ1) is 13.1. The molecule has 2 aromatic rings. The number of amides is 3. The van der Waals surface area contributed by atoms with Gasteiger partial charge in [0.05, 0.1) is 12.8 Å². The fraction of sp³-hybridized carbons (Fsp3) is 0.318. The zero-order chi connectivity index (χ0) is 19.1. The standard InChI is InChI=1S/C22H23NO4/c24-20(15-17-9-3-1-4-10-17)23(22(26)27-19-13-7-8-14-19)21(25)16-18-11-5-2-6-12-18/h1-6,9-12,19H,7-8,13-16H2. The van der Waals surface area contributed by atoms with Gasteiger partial charge in [0.25, 0.3) is 0 Å². The fourth-order valence-electron chi connectivity index (χ4n) is 3.24. The molecule has 140 valence electrons. The first kappa shape index (κ1) is 18.8. The zero-order valence-corrected chi connectivity index (χ0v) is 15.2. The average molecular weight is 365 g/mol. The molecule has 1 aliphatic rings. The molecule has 2 aromatic carbocycles. The molecule has 1 fully saturated rings. The lowest BCUT2D eigenvalue weighted by Gasteiger charge is -2.21. The Morgan fingerprint density at radius 2 is 1.22 bits per heavy atom. The third-order valence-electron chi connectivity index (χ3n) is 4.65. The van der Waals surface area contributed by atoms with Gasteiger partial charge in [-0.15, -0.1) is 0 Å². The fourth-order valence-corrected chi connectivity index (χ4v) is 3.24. The highest BCUT2D eigenvalue weighted by molar-refractivity contribution is 6.09. The van der Waals surface area contributed by atoms with E-state index in [-0.39, 0.29) is 18.9 Å². The van der Waals surface area contributed by atoms with Gasteiger partial charge in [-0.3, -0.25) is 9.59 Å². The van der Waals surface area contributed by atoms with Crippen LogP contribution < -0.4 is 0 Å². The molecule has 0 saturated heterocycles. The van der Waals surface area contributed by atoms with Crippen LogP contribution >= 0.6 is 0 Å². The van der Waals surface area contributed by atoms with Crippen molar-refractivity contribution >= 4 is 17.9 Å². The molecule has 3 amide bonds. The topological polar surface area (TPSA) is 63.7 Å². The number of carbonyl (C=O) groups excluding carboxylic acids is 3. The van der Waals surface area contributed by atoms with E-state index >= 15 is 0 Å². The van der Waals surface area contributed by atoms with Gasteiger partial charge in [0, 0.05) is 0 Å². The summed E-state index contributed by atoms with van der Waals surface area (Å²) in [5.41, 5.74) is 1.49. The Morgan fingerprint density at radius 3 is 1.67 bits per heavy atom. The van der Waals surface area contributed by atoms with Crippen molar-refractivity contribution < 1.29 is 19.1 Å². The van der Waals surface area contributed by atoms with Gasteiger partial charge >= 0.3 is 6.09 Å². The highest BCUT2D eigenvalue weighted by Crippen LogP contribution is 2.22. The maximum absolute atomic E-state index is 12.8. The maximum atomic E-state index is 12.8. The van der Waals surface area contributed by atoms with Gasteiger partial charge in [0.15, 0.2) is 0 Å². The van der Waals surface area contributed by atoms with E-state index in [0.717, 1.165) is 36.8 Å². The molecular weight excluding hydrogens is 342 g/mol. The third-order valence-corrected chi connectivity index (χ3v) is 4.65. The predicted octanol–water partition coefficient (Wildman–Crippen LogP) is 3.91. The third kappa shape index (κ3) is 5.26. The van der Waals surface area contributed by atoms with Crippen LogP contribution in [0, 0.1) is 0 Å². The van der Waals surface area contributed by atoms with E-state index in [1.54, 1.807) is 24.3 Å². The highest BCUT2D eigenvalue weighted by atomic mass is 16.6. The van der Waals surface area contributed by atoms with Gasteiger partial charge in [-0.05, 0) is 36.8 Å². The SMILES string of the molecule is O=C(Cc1ccccc1)N(C(=O)Cc1ccccc1)C(=O)OC1CCCC1. The van der Waals surface area contributed by atoms with Crippen LogP contribution in [0.15, 0.2) is 60.7 Å². The van der Waals surface area contributed by atoms with Gasteiger partial charge in [-0.2, -0.15) is 4.90 Å². The number of nitrogens with zero attached hydrogens (tertiary/aromatic N) is 1. The van der Waals surface area contributed by atoms with Crippen LogP contribution in [0.2, 0.25) is 0 Å². The Hall–Kier alpha value is -2.95. The molecule has 0 N–H and O–H groups in total. The Labute approximate surface area is 158 Å². The summed E-state index contributed by atoms with van der Waals surface area (Å²) in [7, 11) is 0. The summed E-state index contributed by atoms with van der Waals surface area (Å²) in [6.07, 6.45) is 2.42. The van der Waals surface area contributed by atoms with Crippen LogP contribution in [-0.4, -0.2) is 28.9 Å². The quantitative estimate of drug-likeness (QED) is 0.806. The van der Waals surface area contributed by atoms with Crippen LogP contribution in [0.5, 0.6) is 0 Å². The minimum absolute atomic E-state index is 0.0267. The second-order valence-electron chi connectivity index (χ2n) is 6.74. The molecule has 27 heavy (non-hydrogen) atoms. The van der Waals surface area contributed by atoms with Crippen molar-refractivity contribution in [1.29, 1.82) is 0 Å². The average Bonchev–Trinajstić information content (AvgIpc) is 3.16. The minimum atomic E-state index is -0.858. The lowest BCUT2D eigenvalue weighted by Crippen LogP contribution is -2.44. The van der Waals surface area contributed by atoms with Crippen molar-refractivity contribution in [1.82, 2.24) is 4.90 Å². The molecule has 0 heterocycles. The molecule has 0 unspecified atom stereocenters. The van der Waals surface area contributed by atoms with Crippen LogP contribution in [0.25, 0.3) is 0 Å². The normalized spacial score (nSPS) is 13.9. The molecule has 1 aliphatic carbocycles. The number of imide groups is 3. The van der Waals surface area contributed by atoms with Crippen molar-refractivity contribution in [3.63, 3.8) is 0 Å². The van der Waals surface area contributed by atoms with Crippen molar-refractivity contribution in [2.45, 2.75) is 44.6 Å². The summed E-state index contributed by atoms with van der Waals surface area (Å²) in [6, 6.07) is 18.1. The number of rotatable bonds is 5. The summed E-state index contributed by atoms with van der Waals surface area (Å²) in [5, 5.41) is 0. The molecule has 0 atom stereocenters. The predicted molar refractivity (Wildman–Crippen MR) is 101 cm³/mol. The van der Waals surface area contributed by atoms with Gasteiger partial charge < -0.3 is 4.74 Å². The Morgan fingerprint density at radius 1 is 0.778 bits per heavy atom. The summed E-state index contributed by atoms with van der Waals surface area (Å²) in [4.78, 5) is 38.8. The van der Waals surface area contributed by atoms with Crippen molar-refractivity contribution in [2.75, 3.05) is 0 Å². The first-order valence-corrected chi connectivity index (χ1v) is 9.28. The Bertz CT molecular complexity index is 729. The van der Waals surface area contributed by atoms with E-state index in [0.29, 0.717) is 4.90 Å². The number of carbonyl (C=O) groups is 3. The van der Waals surface area contributed by atoms with Gasteiger partial charge in [0.1, 0.15) is 6.10 Å². The summed E-state index contributed by atoms with van der Waals surface area (Å²) >= 11 is 0. The number of hydrogen-bond acceptors (Lipinski definition) is 4. The number of hydrogen-bond donors (Lipinski definition) is 0. The van der Waals surface area contributed by atoms with E-state index in [4.69, 9.17) is 4.74 Å². The molecule has 0 aliphatic heterocycles. The van der Waals surface area contributed by atoms with Crippen molar-refractivity contribution in [3.05, 3.63) is 71.8 Å². The van der Waals surface area contributed by atoms with Crippen molar-refractivity contribution in [2.24, 2.45) is 0 Å². The van der Waals surface area contributed by atoms with E-state index in [1.165, 1.54) is 0 Å². The Balaban J connectivity index is 1.75. The van der Waals surface area contributed by atoms with Gasteiger partial charge in [-0.1, -0.05) is 60.7 Å². The molecule has 5 heteroatoms. The number of ether oxygens (including phenoxy) is 1. The van der Waals surface area contributed by atoms with E-state index in [2.05, 4.69) is 0 Å². The second-order valence-corrected chi connectivity index (χ2v) is 6.74. The highest BCUT2D eigenvalue weighted by Gasteiger charge is 2.32. The molecular formula is C22H23NO4. The van der Waals surface area contributed by atoms with Crippen LogP contribution in [0.1, 0.15) is 36.8 Å². The van der Waals surface area contributed by atoms with E-state index in [9.17, 15) is 14.4 Å². The summed E-state index contributed by atoms with van der Waals surface area (Å²) < 4.78 is 5.44. The van der Waals surface area contributed by atoms with Crippen LogP contribution in [0.3, 0.4) is 0 Å². The van der Waals surface area contributed by atoms with Crippen molar-refractivity contribution in [3.8, 4) is 0 Å². The maximum Gasteiger partial charge on any atom is 0.423 e. The molecule has 3 rings (SSSR count). The van der Waals surface area contributed by atoms with Gasteiger partial charge in [-0.25, -0.2) is 4.79 Å². The van der Waals surface area contributed by atoms with Crippen LogP contribution in [0.4, 0.5) is 4.79 Å². The number of benzene rings is 2. The summed E-state index contributed by atoms with van der Waals surface area (Å²) in [5.74, 6) is -1.13. The van der Waals surface area contributed by atoms with Gasteiger partial charge in [0.2, 0.25) is 11.8 Å². The lowest BCUT2D eigenvalue weighted by atomic mass is 10.1. The van der Waals surface area contributed by atoms with E-state index in [1.807, 2.05) is 36.4 Å². The van der Waals surface area contributed by atoms with Crippen LogP contribution in [-0.2, 0) is 27.2 Å². The smallest absolute Gasteiger partial charge is 0.423 e. The zero-order valence-electron chi connectivity index (χ0n) is 15.2. The molecule has 0 radical (unpaired) electrons. The molecule has 0 bridgehead atoms. The molecule has 5 nitrogen and oxygen atoms in total. The molecule has 0 aromatic heterocycles. The minimum Gasteiger partial charge on any atom is -0.445 e. The molecule has 1 saturated carbocycles. The summed E-state index contributed by atoms with van der Waals surface area (Å²) in [6.45, 7) is 0. The molecule has 0 spiro atoms. The monoisotopic (exact) mass is 365 g/mol.